The lowest BCUT2D eigenvalue weighted by atomic mass is 10.2. The number of halogens is 4. The summed E-state index contributed by atoms with van der Waals surface area (Å²) < 4.78 is 36.7. The largest absolute Gasteiger partial charge is 0.389 e. The first-order valence-electron chi connectivity index (χ1n) is 4.81. The highest BCUT2D eigenvalue weighted by Gasteiger charge is 2.28. The van der Waals surface area contributed by atoms with Gasteiger partial charge in [-0.3, -0.25) is 4.79 Å². The average molecular weight is 330 g/mol. The van der Waals surface area contributed by atoms with E-state index in [0.29, 0.717) is 6.54 Å². The van der Waals surface area contributed by atoms with Gasteiger partial charge in [0.15, 0.2) is 0 Å². The summed E-state index contributed by atoms with van der Waals surface area (Å²) in [4.78, 5) is 13.7. The van der Waals surface area contributed by atoms with Gasteiger partial charge in [-0.25, -0.2) is 0 Å². The summed E-state index contributed by atoms with van der Waals surface area (Å²) >= 11 is 4.73. The van der Waals surface area contributed by atoms with Gasteiger partial charge < -0.3 is 4.90 Å². The Balaban J connectivity index is 2.42. The maximum atomic E-state index is 11.9. The maximum Gasteiger partial charge on any atom is 0.389 e. The van der Waals surface area contributed by atoms with E-state index in [2.05, 4.69) is 15.9 Å². The molecule has 1 heterocycles. The lowest BCUT2D eigenvalue weighted by molar-refractivity contribution is -0.148. The van der Waals surface area contributed by atoms with Gasteiger partial charge in [0, 0.05) is 28.2 Å². The summed E-state index contributed by atoms with van der Waals surface area (Å²) in [5.74, 6) is -0.494. The third kappa shape index (κ3) is 5.54. The number of carbonyl (C=O) groups excluding carboxylic acids is 1. The summed E-state index contributed by atoms with van der Waals surface area (Å²) in [7, 11) is 1.51. The molecule has 0 atom stereocenters. The lowest BCUT2D eigenvalue weighted by Crippen LogP contribution is -2.27. The molecule has 0 radical (unpaired) electrons. The first-order valence-corrected chi connectivity index (χ1v) is 6.49. The number of hydrogen-bond acceptors (Lipinski definition) is 2. The monoisotopic (exact) mass is 329 g/mol. The third-order valence-electron chi connectivity index (χ3n) is 2.06. The molecule has 1 aromatic rings. The van der Waals surface area contributed by atoms with Crippen LogP contribution in [0.4, 0.5) is 13.2 Å². The van der Waals surface area contributed by atoms with E-state index in [0.717, 1.165) is 9.35 Å². The van der Waals surface area contributed by atoms with E-state index < -0.39 is 24.9 Å². The molecule has 0 aliphatic rings. The second kappa shape index (κ2) is 5.86. The van der Waals surface area contributed by atoms with Crippen LogP contribution in [0, 0.1) is 0 Å². The molecule has 0 aliphatic heterocycles. The van der Waals surface area contributed by atoms with Gasteiger partial charge >= 0.3 is 6.18 Å². The second-order valence-corrected chi connectivity index (χ2v) is 5.51. The summed E-state index contributed by atoms with van der Waals surface area (Å²) in [6, 6.07) is 1.85. The highest BCUT2D eigenvalue weighted by atomic mass is 79.9. The first-order chi connectivity index (χ1) is 7.78. The quantitative estimate of drug-likeness (QED) is 0.822. The molecule has 0 fully saturated rings. The zero-order chi connectivity index (χ0) is 13.1. The molecule has 1 aromatic heterocycles. The Morgan fingerprint density at radius 3 is 2.65 bits per heavy atom. The van der Waals surface area contributed by atoms with Gasteiger partial charge in [0.05, 0.1) is 13.0 Å². The predicted octanol–water partition coefficient (Wildman–Crippen LogP) is 3.81. The minimum Gasteiger partial charge on any atom is -0.341 e. The van der Waals surface area contributed by atoms with Crippen LogP contribution < -0.4 is 0 Å². The van der Waals surface area contributed by atoms with Crippen molar-refractivity contribution in [2.75, 3.05) is 7.05 Å². The Bertz CT molecular complexity index is 391. The van der Waals surface area contributed by atoms with Gasteiger partial charge in [0.1, 0.15) is 0 Å². The van der Waals surface area contributed by atoms with E-state index in [4.69, 9.17) is 0 Å². The molecule has 0 spiro atoms. The van der Waals surface area contributed by atoms with Crippen LogP contribution in [0.15, 0.2) is 15.9 Å². The molecule has 0 aliphatic carbocycles. The highest BCUT2D eigenvalue weighted by molar-refractivity contribution is 9.10. The van der Waals surface area contributed by atoms with Crippen molar-refractivity contribution in [3.63, 3.8) is 0 Å². The number of alkyl halides is 3. The van der Waals surface area contributed by atoms with Crippen LogP contribution >= 0.6 is 27.3 Å². The predicted molar refractivity (Wildman–Crippen MR) is 63.8 cm³/mol. The topological polar surface area (TPSA) is 20.3 Å². The average Bonchev–Trinajstić information content (AvgIpc) is 2.59. The van der Waals surface area contributed by atoms with Crippen LogP contribution in [0.25, 0.3) is 0 Å². The van der Waals surface area contributed by atoms with Crippen LogP contribution in [0.3, 0.4) is 0 Å². The minimum atomic E-state index is -4.28. The van der Waals surface area contributed by atoms with E-state index in [1.165, 1.54) is 23.3 Å². The minimum absolute atomic E-state index is 0.340. The normalized spacial score (nSPS) is 11.6. The molecule has 2 nitrogen and oxygen atoms in total. The molecule has 0 N–H and O–H groups in total. The van der Waals surface area contributed by atoms with Crippen molar-refractivity contribution in [3.8, 4) is 0 Å². The van der Waals surface area contributed by atoms with Gasteiger partial charge in [0.25, 0.3) is 0 Å². The Hall–Kier alpha value is -0.560. The third-order valence-corrected chi connectivity index (χ3v) is 3.75. The molecule has 0 unspecified atom stereocenters. The molecule has 1 amide bonds. The van der Waals surface area contributed by atoms with Crippen molar-refractivity contribution in [1.29, 1.82) is 0 Å². The molecule has 0 saturated carbocycles. The second-order valence-electron chi connectivity index (χ2n) is 3.60. The smallest absolute Gasteiger partial charge is 0.341 e. The molecule has 0 aromatic carbocycles. The fraction of sp³-hybridized carbons (Fsp3) is 0.500. The van der Waals surface area contributed by atoms with Crippen LogP contribution in [0.2, 0.25) is 0 Å². The summed E-state index contributed by atoms with van der Waals surface area (Å²) in [5, 5.41) is 1.86. The van der Waals surface area contributed by atoms with Gasteiger partial charge in [0.2, 0.25) is 5.91 Å². The fourth-order valence-corrected chi connectivity index (χ4v) is 2.70. The SMILES string of the molecule is CN(Cc1cc(Br)cs1)C(=O)CCC(F)(F)F. The Morgan fingerprint density at radius 1 is 1.53 bits per heavy atom. The van der Waals surface area contributed by atoms with Crippen LogP contribution in [0.5, 0.6) is 0 Å². The van der Waals surface area contributed by atoms with E-state index >= 15 is 0 Å². The van der Waals surface area contributed by atoms with Gasteiger partial charge in [-0.2, -0.15) is 13.2 Å². The molecule has 1 rings (SSSR count). The number of carbonyl (C=O) groups is 1. The highest BCUT2D eigenvalue weighted by Crippen LogP contribution is 2.23. The summed E-state index contributed by atoms with van der Waals surface area (Å²) in [6.07, 6.45) is -5.83. The van der Waals surface area contributed by atoms with Crippen LogP contribution in [0.1, 0.15) is 17.7 Å². The van der Waals surface area contributed by atoms with Crippen molar-refractivity contribution in [3.05, 3.63) is 20.8 Å². The van der Waals surface area contributed by atoms with Crippen molar-refractivity contribution in [2.45, 2.75) is 25.6 Å². The number of rotatable bonds is 4. The standard InChI is InChI=1S/C10H11BrF3NOS/c1-15(5-8-4-7(11)6-17-8)9(16)2-3-10(12,13)14/h4,6H,2-3,5H2,1H3. The first kappa shape index (κ1) is 14.5. The van der Waals surface area contributed by atoms with Gasteiger partial charge in [-0.1, -0.05) is 0 Å². The molecule has 0 saturated heterocycles. The van der Waals surface area contributed by atoms with Crippen LogP contribution in [-0.2, 0) is 11.3 Å². The Labute approximate surface area is 110 Å². The number of nitrogens with zero attached hydrogens (tertiary/aromatic N) is 1. The van der Waals surface area contributed by atoms with Gasteiger partial charge in [-0.05, 0) is 22.0 Å². The lowest BCUT2D eigenvalue weighted by Gasteiger charge is -2.16. The van der Waals surface area contributed by atoms with Crippen molar-refractivity contribution >= 4 is 33.2 Å². The van der Waals surface area contributed by atoms with Gasteiger partial charge in [-0.15, -0.1) is 11.3 Å². The summed E-state index contributed by atoms with van der Waals surface area (Å²) in [6.45, 7) is 0.340. The van der Waals surface area contributed by atoms with E-state index in [1.807, 2.05) is 11.4 Å². The molecular formula is C10H11BrF3NOS. The number of thiophene rings is 1. The Morgan fingerprint density at radius 2 is 2.18 bits per heavy atom. The molecule has 17 heavy (non-hydrogen) atoms. The molecule has 7 heteroatoms. The summed E-state index contributed by atoms with van der Waals surface area (Å²) in [5.41, 5.74) is 0. The van der Waals surface area contributed by atoms with Crippen molar-refractivity contribution < 1.29 is 18.0 Å². The molecule has 96 valence electrons. The Kier molecular flexibility index (Phi) is 5.00. The zero-order valence-electron chi connectivity index (χ0n) is 9.05. The van der Waals surface area contributed by atoms with E-state index in [1.54, 1.807) is 0 Å². The fourth-order valence-electron chi connectivity index (χ4n) is 1.20. The maximum absolute atomic E-state index is 11.9. The molecule has 0 bridgehead atoms. The van der Waals surface area contributed by atoms with E-state index in [-0.39, 0.29) is 0 Å². The number of amides is 1. The van der Waals surface area contributed by atoms with E-state index in [9.17, 15) is 18.0 Å². The molecular weight excluding hydrogens is 319 g/mol. The number of hydrogen-bond donors (Lipinski definition) is 0. The van der Waals surface area contributed by atoms with Crippen molar-refractivity contribution in [1.82, 2.24) is 4.90 Å². The zero-order valence-corrected chi connectivity index (χ0v) is 11.5. The van der Waals surface area contributed by atoms with Crippen LogP contribution in [-0.4, -0.2) is 24.0 Å². The van der Waals surface area contributed by atoms with Crippen molar-refractivity contribution in [2.24, 2.45) is 0 Å².